The lowest BCUT2D eigenvalue weighted by Crippen LogP contribution is -2.25. The number of carbonyl (C=O) groups excluding carboxylic acids is 2. The second-order valence-electron chi connectivity index (χ2n) is 5.73. The minimum Gasteiger partial charge on any atom is -0.493 e. The van der Waals surface area contributed by atoms with Gasteiger partial charge in [0.05, 0.1) is 24.1 Å². The zero-order valence-electron chi connectivity index (χ0n) is 13.2. The van der Waals surface area contributed by atoms with Crippen LogP contribution in [0, 0.1) is 11.8 Å². The second-order valence-corrected chi connectivity index (χ2v) is 7.75. The minimum atomic E-state index is -3.50. The lowest BCUT2D eigenvalue weighted by atomic mass is 10.2. The summed E-state index contributed by atoms with van der Waals surface area (Å²) < 4.78 is 34.4. The molecule has 1 aliphatic rings. The van der Waals surface area contributed by atoms with E-state index < -0.39 is 16.0 Å². The van der Waals surface area contributed by atoms with E-state index in [2.05, 4.69) is 11.7 Å². The molecule has 0 N–H and O–H groups in total. The van der Waals surface area contributed by atoms with Gasteiger partial charge in [-0.3, -0.25) is 9.10 Å². The molecule has 0 bridgehead atoms. The Labute approximate surface area is 135 Å². The fourth-order valence-electron chi connectivity index (χ4n) is 2.10. The SMILES string of the molecule is CC1CC1COc1cc(C(=O)OC=O)cc(N(C)S(C)(=O)=O)c1. The number of nitrogens with zero attached hydrogens (tertiary/aromatic N) is 1. The van der Waals surface area contributed by atoms with Crippen molar-refractivity contribution >= 4 is 28.2 Å². The lowest BCUT2D eigenvalue weighted by Gasteiger charge is -2.18. The second kappa shape index (κ2) is 6.57. The number of rotatable bonds is 7. The normalized spacial score (nSPS) is 19.8. The van der Waals surface area contributed by atoms with Gasteiger partial charge in [0.2, 0.25) is 10.0 Å². The molecule has 8 heteroatoms. The van der Waals surface area contributed by atoms with Crippen LogP contribution in [0.3, 0.4) is 0 Å². The molecule has 0 saturated heterocycles. The first-order valence-corrected chi connectivity index (χ1v) is 8.93. The number of hydrogen-bond donors (Lipinski definition) is 0. The van der Waals surface area contributed by atoms with Gasteiger partial charge < -0.3 is 9.47 Å². The molecule has 2 unspecified atom stereocenters. The molecule has 1 aliphatic carbocycles. The van der Waals surface area contributed by atoms with Gasteiger partial charge in [0.1, 0.15) is 5.75 Å². The molecule has 2 rings (SSSR count). The summed E-state index contributed by atoms with van der Waals surface area (Å²) in [5.41, 5.74) is 0.302. The van der Waals surface area contributed by atoms with Crippen molar-refractivity contribution in [2.75, 3.05) is 24.2 Å². The first-order chi connectivity index (χ1) is 10.7. The van der Waals surface area contributed by atoms with E-state index in [0.29, 0.717) is 24.2 Å². The Balaban J connectivity index is 2.30. The molecule has 7 nitrogen and oxygen atoms in total. The summed E-state index contributed by atoms with van der Waals surface area (Å²) in [6.45, 7) is 2.64. The Morgan fingerprint density at radius 3 is 2.57 bits per heavy atom. The summed E-state index contributed by atoms with van der Waals surface area (Å²) in [5, 5.41) is 0. The Morgan fingerprint density at radius 2 is 2.04 bits per heavy atom. The van der Waals surface area contributed by atoms with Crippen LogP contribution in [-0.4, -0.2) is 40.8 Å². The number of benzene rings is 1. The molecule has 126 valence electrons. The Hall–Kier alpha value is -2.09. The van der Waals surface area contributed by atoms with E-state index in [0.717, 1.165) is 17.0 Å². The first-order valence-electron chi connectivity index (χ1n) is 7.08. The number of anilines is 1. The maximum absolute atomic E-state index is 11.7. The zero-order valence-corrected chi connectivity index (χ0v) is 14.0. The van der Waals surface area contributed by atoms with Crippen LogP contribution in [0.5, 0.6) is 5.75 Å². The Morgan fingerprint density at radius 1 is 1.39 bits per heavy atom. The maximum atomic E-state index is 11.7. The van der Waals surface area contributed by atoms with Crippen molar-refractivity contribution in [3.8, 4) is 5.75 Å². The lowest BCUT2D eigenvalue weighted by molar-refractivity contribution is -0.123. The van der Waals surface area contributed by atoms with Crippen LogP contribution in [0.1, 0.15) is 23.7 Å². The van der Waals surface area contributed by atoms with Gasteiger partial charge in [-0.15, -0.1) is 0 Å². The predicted octanol–water partition coefficient (Wildman–Crippen LogP) is 1.43. The third-order valence-corrected chi connectivity index (χ3v) is 5.09. The average molecular weight is 341 g/mol. The summed E-state index contributed by atoms with van der Waals surface area (Å²) in [5.74, 6) is 0.566. The summed E-state index contributed by atoms with van der Waals surface area (Å²) in [4.78, 5) is 22.1. The molecule has 0 heterocycles. The van der Waals surface area contributed by atoms with Crippen LogP contribution in [0.25, 0.3) is 0 Å². The number of hydrogen-bond acceptors (Lipinski definition) is 6. The zero-order chi connectivity index (χ0) is 17.2. The highest BCUT2D eigenvalue weighted by atomic mass is 32.2. The maximum Gasteiger partial charge on any atom is 0.345 e. The van der Waals surface area contributed by atoms with Gasteiger partial charge in [0.25, 0.3) is 0 Å². The Kier molecular flexibility index (Phi) is 4.93. The van der Waals surface area contributed by atoms with Crippen LogP contribution < -0.4 is 9.04 Å². The topological polar surface area (TPSA) is 90.0 Å². The Bertz CT molecular complexity index is 715. The molecule has 1 aromatic carbocycles. The molecule has 0 radical (unpaired) electrons. The van der Waals surface area contributed by atoms with Crippen LogP contribution in [-0.2, 0) is 19.6 Å². The van der Waals surface area contributed by atoms with E-state index in [1.54, 1.807) is 0 Å². The fraction of sp³-hybridized carbons (Fsp3) is 0.467. The standard InChI is InChI=1S/C15H19NO6S/c1-10-4-12(10)8-21-14-6-11(15(18)22-9-17)5-13(7-14)16(2)23(3,19)20/h5-7,9-10,12H,4,8H2,1-3H3. The largest absolute Gasteiger partial charge is 0.493 e. The van der Waals surface area contributed by atoms with Gasteiger partial charge in [-0.2, -0.15) is 0 Å². The molecule has 0 aliphatic heterocycles. The smallest absolute Gasteiger partial charge is 0.345 e. The molecular formula is C15H19NO6S. The third kappa shape index (κ3) is 4.44. The van der Waals surface area contributed by atoms with Crippen molar-refractivity contribution in [2.45, 2.75) is 13.3 Å². The monoisotopic (exact) mass is 341 g/mol. The van der Waals surface area contributed by atoms with Crippen LogP contribution >= 0.6 is 0 Å². The average Bonchev–Trinajstić information content (AvgIpc) is 3.19. The van der Waals surface area contributed by atoms with Gasteiger partial charge in [-0.25, -0.2) is 13.2 Å². The van der Waals surface area contributed by atoms with Crippen molar-refractivity contribution in [3.05, 3.63) is 23.8 Å². The predicted molar refractivity (Wildman–Crippen MR) is 83.9 cm³/mol. The van der Waals surface area contributed by atoms with E-state index in [-0.39, 0.29) is 17.7 Å². The minimum absolute atomic E-state index is 0.0295. The van der Waals surface area contributed by atoms with Crippen LogP contribution in [0.4, 0.5) is 5.69 Å². The molecule has 23 heavy (non-hydrogen) atoms. The highest BCUT2D eigenvalue weighted by Gasteiger charge is 2.33. The molecule has 1 aromatic rings. The quantitative estimate of drug-likeness (QED) is 0.423. The highest BCUT2D eigenvalue weighted by molar-refractivity contribution is 7.92. The van der Waals surface area contributed by atoms with Gasteiger partial charge in [0, 0.05) is 13.1 Å². The van der Waals surface area contributed by atoms with Crippen LogP contribution in [0.2, 0.25) is 0 Å². The number of ether oxygens (including phenoxy) is 2. The fourth-order valence-corrected chi connectivity index (χ4v) is 2.59. The molecule has 0 amide bonds. The first kappa shape index (κ1) is 17.3. The number of esters is 1. The van der Waals surface area contributed by atoms with E-state index in [1.807, 2.05) is 0 Å². The summed E-state index contributed by atoms with van der Waals surface area (Å²) in [7, 11) is -2.13. The van der Waals surface area contributed by atoms with E-state index >= 15 is 0 Å². The van der Waals surface area contributed by atoms with Gasteiger partial charge in [-0.1, -0.05) is 6.92 Å². The molecule has 0 aromatic heterocycles. The molecular weight excluding hydrogens is 322 g/mol. The summed E-state index contributed by atoms with van der Waals surface area (Å²) in [6, 6.07) is 4.30. The van der Waals surface area contributed by atoms with E-state index in [1.165, 1.54) is 25.2 Å². The van der Waals surface area contributed by atoms with Crippen molar-refractivity contribution in [2.24, 2.45) is 11.8 Å². The molecule has 1 saturated carbocycles. The van der Waals surface area contributed by atoms with Gasteiger partial charge in [0.15, 0.2) is 0 Å². The number of carbonyl (C=O) groups is 2. The van der Waals surface area contributed by atoms with Crippen LogP contribution in [0.15, 0.2) is 18.2 Å². The summed E-state index contributed by atoms with van der Waals surface area (Å²) in [6.07, 6.45) is 2.14. The van der Waals surface area contributed by atoms with Gasteiger partial charge in [-0.05, 0) is 30.4 Å². The van der Waals surface area contributed by atoms with E-state index in [4.69, 9.17) is 4.74 Å². The van der Waals surface area contributed by atoms with Crippen molar-refractivity contribution in [3.63, 3.8) is 0 Å². The highest BCUT2D eigenvalue weighted by Crippen LogP contribution is 2.38. The third-order valence-electron chi connectivity index (χ3n) is 3.88. The van der Waals surface area contributed by atoms with Crippen molar-refractivity contribution in [1.29, 1.82) is 0 Å². The molecule has 1 fully saturated rings. The summed E-state index contributed by atoms with van der Waals surface area (Å²) >= 11 is 0. The van der Waals surface area contributed by atoms with Gasteiger partial charge >= 0.3 is 12.4 Å². The molecule has 0 spiro atoms. The van der Waals surface area contributed by atoms with Crippen molar-refractivity contribution < 1.29 is 27.5 Å². The molecule has 2 atom stereocenters. The number of sulfonamides is 1. The van der Waals surface area contributed by atoms with Crippen molar-refractivity contribution in [1.82, 2.24) is 0 Å². The van der Waals surface area contributed by atoms with E-state index in [9.17, 15) is 18.0 Å².